The third-order valence-corrected chi connectivity index (χ3v) is 5.96. The molecule has 160 valence electrons. The minimum absolute atomic E-state index is 0.399. The van der Waals surface area contributed by atoms with Crippen LogP contribution >= 0.6 is 0 Å². The maximum absolute atomic E-state index is 12.1. The molecule has 5 rings (SSSR count). The van der Waals surface area contributed by atoms with E-state index in [4.69, 9.17) is 25.3 Å². The first-order valence-electron chi connectivity index (χ1n) is 21.0. The molecule has 1 aromatic heterocycles. The lowest BCUT2D eigenvalue weighted by atomic mass is 9.47. The number of hydrogen-bond donors (Lipinski definition) is 0. The predicted molar refractivity (Wildman–Crippen MR) is 120 cm³/mol. The number of nitrogens with zero attached hydrogens (tertiary/aromatic N) is 1. The highest BCUT2D eigenvalue weighted by atomic mass is 16.5. The smallest absolute Gasteiger partial charge is 0.302 e. The molecule has 1 aromatic rings. The summed E-state index contributed by atoms with van der Waals surface area (Å²) in [5.41, 5.74) is -10.9. The molecule has 30 heavy (non-hydrogen) atoms. The molecule has 4 aliphatic rings. The van der Waals surface area contributed by atoms with E-state index in [1.165, 1.54) is 0 Å². The average molecular weight is 429 g/mol. The lowest BCUT2D eigenvalue weighted by molar-refractivity contribution is -0.148. The van der Waals surface area contributed by atoms with Gasteiger partial charge in [0.1, 0.15) is 6.10 Å². The molecule has 2 saturated carbocycles. The van der Waals surface area contributed by atoms with Crippen LogP contribution in [0.15, 0.2) is 35.9 Å². The maximum Gasteiger partial charge on any atom is 0.302 e. The molecule has 3 nitrogen and oxygen atoms in total. The minimum atomic E-state index is -4.03. The standard InChI is InChI=1S/C27H35NO2/c1-17-21(6-5-15-28-17)23-9-10-24-22-8-7-19-16-20(30-18(2)29)11-13-26(19,3)25(22)12-14-27(23,24)4/h5-7,9,15,20,22,24-25H,8,10-14,16H2,1-4H3/t20-,22?,24?,25?,26-,27+/m0/s1/i3D3,4D3,5D,6D,7D,8D2,9D,10D2,11D2,13D2,14D2,15D,16D2. The second kappa shape index (κ2) is 7.07. The first-order valence-corrected chi connectivity index (χ1v) is 9.50. The van der Waals surface area contributed by atoms with Crippen molar-refractivity contribution < 1.29 is 41.1 Å². The van der Waals surface area contributed by atoms with E-state index in [1.807, 2.05) is 0 Å². The van der Waals surface area contributed by atoms with E-state index < -0.39 is 152 Å². The van der Waals surface area contributed by atoms with Crippen molar-refractivity contribution in [1.29, 1.82) is 0 Å². The van der Waals surface area contributed by atoms with E-state index in [2.05, 4.69) is 4.98 Å². The molecule has 0 spiro atoms. The molecule has 0 aromatic carbocycles. The maximum atomic E-state index is 12.1. The molecule has 3 unspecified atom stereocenters. The third kappa shape index (κ3) is 2.92. The first kappa shape index (κ1) is 6.80. The summed E-state index contributed by atoms with van der Waals surface area (Å²) in [6, 6.07) is -4.84. The van der Waals surface area contributed by atoms with Gasteiger partial charge in [-0.1, -0.05) is 37.4 Å². The van der Waals surface area contributed by atoms with E-state index in [-0.39, 0.29) is 0 Å². The van der Waals surface area contributed by atoms with Gasteiger partial charge in [0.25, 0.3) is 0 Å². The van der Waals surface area contributed by atoms with Gasteiger partial charge in [0.2, 0.25) is 0 Å². The highest BCUT2D eigenvalue weighted by Crippen LogP contribution is 2.66. The highest BCUT2D eigenvalue weighted by molar-refractivity contribution is 5.74. The van der Waals surface area contributed by atoms with E-state index in [0.29, 0.717) is 0 Å². The van der Waals surface area contributed by atoms with Gasteiger partial charge in [-0.25, -0.2) is 0 Å². The zero-order chi connectivity index (χ0) is 41.2. The third-order valence-electron chi connectivity index (χ3n) is 5.96. The van der Waals surface area contributed by atoms with Crippen molar-refractivity contribution in [2.75, 3.05) is 0 Å². The van der Waals surface area contributed by atoms with E-state index in [1.54, 1.807) is 0 Å². The Balaban J connectivity index is 2.05. The summed E-state index contributed by atoms with van der Waals surface area (Å²) in [6.07, 6.45) is -27.4. The van der Waals surface area contributed by atoms with E-state index in [0.717, 1.165) is 13.8 Å². The van der Waals surface area contributed by atoms with Crippen LogP contribution in [0.1, 0.15) is 108 Å². The number of esters is 1. The number of allylic oxidation sites excluding steroid dienone is 3. The van der Waals surface area contributed by atoms with Gasteiger partial charge >= 0.3 is 5.97 Å². The molecular weight excluding hydrogens is 370 g/mol. The second-order valence-corrected chi connectivity index (χ2v) is 7.73. The lowest BCUT2D eigenvalue weighted by Crippen LogP contribution is -2.50. The Morgan fingerprint density at radius 2 is 2.13 bits per heavy atom. The topological polar surface area (TPSA) is 39.2 Å². The molecular formula is C27H35NO2. The second-order valence-electron chi connectivity index (χ2n) is 7.73. The number of hydrogen-bond acceptors (Lipinski definition) is 3. The Labute approximate surface area is 213 Å². The Morgan fingerprint density at radius 1 is 1.27 bits per heavy atom. The van der Waals surface area contributed by atoms with Crippen LogP contribution in [0.5, 0.6) is 0 Å². The number of carbonyl (C=O) groups excluding carboxylic acids is 1. The summed E-state index contributed by atoms with van der Waals surface area (Å²) in [5.74, 6) is -9.33. The van der Waals surface area contributed by atoms with Crippen molar-refractivity contribution in [1.82, 2.24) is 4.98 Å². The molecule has 6 atom stereocenters. The molecule has 3 heteroatoms. The molecule has 0 amide bonds. The van der Waals surface area contributed by atoms with Gasteiger partial charge in [0.15, 0.2) is 0 Å². The molecule has 0 saturated heterocycles. The van der Waals surface area contributed by atoms with Crippen molar-refractivity contribution in [3.05, 3.63) is 47.2 Å². The molecule has 1 heterocycles. The largest absolute Gasteiger partial charge is 0.462 e. The highest BCUT2D eigenvalue weighted by Gasteiger charge is 2.57. The number of aryl methyl sites for hydroxylation is 1. The van der Waals surface area contributed by atoms with Gasteiger partial charge < -0.3 is 4.74 Å². The van der Waals surface area contributed by atoms with Crippen LogP contribution in [0.2, 0.25) is 0 Å². The van der Waals surface area contributed by atoms with Crippen LogP contribution in [0.3, 0.4) is 0 Å². The average Bonchev–Trinajstić information content (AvgIpc) is 3.14. The quantitative estimate of drug-likeness (QED) is 0.411. The molecule has 0 N–H and O–H groups in total. The normalized spacial score (nSPS) is 62.7. The molecule has 4 aliphatic carbocycles. The fourth-order valence-corrected chi connectivity index (χ4v) is 4.47. The summed E-state index contributed by atoms with van der Waals surface area (Å²) < 4.78 is 211. The van der Waals surface area contributed by atoms with Crippen LogP contribution in [0.4, 0.5) is 0 Å². The molecule has 0 aliphatic heterocycles. The van der Waals surface area contributed by atoms with E-state index in [9.17, 15) is 15.8 Å². The minimum Gasteiger partial charge on any atom is -0.462 e. The number of carbonyl (C=O) groups is 1. The summed E-state index contributed by atoms with van der Waals surface area (Å²) in [7, 11) is 0. The van der Waals surface area contributed by atoms with Crippen LogP contribution in [-0.4, -0.2) is 17.1 Å². The zero-order valence-corrected chi connectivity index (χ0v) is 16.3. The van der Waals surface area contributed by atoms with Crippen LogP contribution < -0.4 is 0 Å². The first-order chi connectivity index (χ1) is 23.4. The van der Waals surface area contributed by atoms with E-state index >= 15 is 0 Å². The van der Waals surface area contributed by atoms with Gasteiger partial charge in [-0.05, 0) is 91.0 Å². The number of rotatable bonds is 2. The van der Waals surface area contributed by atoms with Crippen molar-refractivity contribution in [2.45, 2.75) is 78.3 Å². The number of fused-ring (bicyclic) bond motifs is 5. The SMILES string of the molecule is [2H]C1=C2C([2H])([2H])[C@@H](OC(C)=O)C([2H])([2H])C([2H])([2H])[C@]2(C([2H])([2H])[2H])C2CC([2H])([2H])[C@]3(C([2H])([2H])[2H])C(c4c(C)nc([2H])c([2H])c4[2H])=C([2H])C([2H])([2H])C3C2C1([2H])[2H]. The number of ether oxygens (including phenoxy) is 1. The number of pyridine rings is 1. The monoisotopic (exact) mass is 428 g/mol. The van der Waals surface area contributed by atoms with Gasteiger partial charge in [-0.3, -0.25) is 9.78 Å². The van der Waals surface area contributed by atoms with Crippen molar-refractivity contribution in [3.63, 3.8) is 0 Å². The lowest BCUT2D eigenvalue weighted by Gasteiger charge is -2.58. The van der Waals surface area contributed by atoms with Gasteiger partial charge in [-0.2, -0.15) is 0 Å². The summed E-state index contributed by atoms with van der Waals surface area (Å²) in [6.45, 7) is -6.01. The fourth-order valence-electron chi connectivity index (χ4n) is 4.47. The Bertz CT molecular complexity index is 1860. The van der Waals surface area contributed by atoms with Crippen LogP contribution in [-0.2, 0) is 9.53 Å². The van der Waals surface area contributed by atoms with Crippen molar-refractivity contribution >= 4 is 11.5 Å². The van der Waals surface area contributed by atoms with Gasteiger partial charge in [0, 0.05) is 49.8 Å². The predicted octanol–water partition coefficient (Wildman–Crippen LogP) is 6.28. The number of aromatic nitrogens is 1. The molecule has 0 bridgehead atoms. The molecule has 0 radical (unpaired) electrons. The summed E-state index contributed by atoms with van der Waals surface area (Å²) in [4.78, 5) is 15.9. The Hall–Kier alpha value is -1.90. The van der Waals surface area contributed by atoms with Crippen LogP contribution in [0.25, 0.3) is 5.57 Å². The Kier molecular flexibility index (Phi) is 1.60. The molecule has 2 fully saturated rings. The summed E-state index contributed by atoms with van der Waals surface area (Å²) >= 11 is 0. The Morgan fingerprint density at radius 3 is 2.93 bits per heavy atom. The van der Waals surface area contributed by atoms with Crippen molar-refractivity contribution in [3.8, 4) is 0 Å². The zero-order valence-electron chi connectivity index (χ0n) is 39.3. The van der Waals surface area contributed by atoms with Gasteiger partial charge in [0.05, 0.1) is 6.85 Å². The summed E-state index contributed by atoms with van der Waals surface area (Å²) in [5, 5.41) is 0. The van der Waals surface area contributed by atoms with Gasteiger partial charge in [-0.15, -0.1) is 0 Å². The van der Waals surface area contributed by atoms with Crippen molar-refractivity contribution in [2.24, 2.45) is 28.6 Å². The fraction of sp³-hybridized carbons (Fsp3) is 0.630. The van der Waals surface area contributed by atoms with Crippen LogP contribution in [0, 0.1) is 35.5 Å².